The van der Waals surface area contributed by atoms with Crippen molar-refractivity contribution in [3.05, 3.63) is 65.2 Å². The highest BCUT2D eigenvalue weighted by molar-refractivity contribution is 5.79. The number of para-hydroxylation sites is 1. The summed E-state index contributed by atoms with van der Waals surface area (Å²) in [5, 5.41) is 3.84. The third kappa shape index (κ3) is 3.67. The second-order valence-electron chi connectivity index (χ2n) is 8.42. The van der Waals surface area contributed by atoms with E-state index in [4.69, 9.17) is 0 Å². The molecular formula is C25H32N2O. The van der Waals surface area contributed by atoms with Gasteiger partial charge in [0, 0.05) is 24.6 Å². The molecule has 1 saturated heterocycles. The number of carbonyl (C=O) groups is 1. The van der Waals surface area contributed by atoms with Gasteiger partial charge in [0.05, 0.1) is 12.1 Å². The number of likely N-dealkylation sites (tertiary alicyclic amines) is 1. The highest BCUT2D eigenvalue weighted by atomic mass is 16.2. The van der Waals surface area contributed by atoms with E-state index in [0.29, 0.717) is 18.2 Å². The minimum absolute atomic E-state index is 0.176. The normalized spacial score (nSPS) is 24.1. The van der Waals surface area contributed by atoms with E-state index in [0.717, 1.165) is 19.4 Å². The Balaban J connectivity index is 1.76. The molecule has 0 saturated carbocycles. The predicted molar refractivity (Wildman–Crippen MR) is 115 cm³/mol. The molecule has 4 rings (SSSR count). The molecule has 3 heteroatoms. The summed E-state index contributed by atoms with van der Waals surface area (Å²) in [5.74, 6) is 0.719. The molecule has 0 aliphatic carbocycles. The second kappa shape index (κ2) is 8.38. The van der Waals surface area contributed by atoms with Crippen LogP contribution in [-0.4, -0.2) is 17.4 Å². The van der Waals surface area contributed by atoms with Gasteiger partial charge in [-0.05, 0) is 37.0 Å². The first-order valence-electron chi connectivity index (χ1n) is 10.9. The van der Waals surface area contributed by atoms with Crippen LogP contribution in [0.15, 0.2) is 48.5 Å². The Morgan fingerprint density at radius 1 is 1.07 bits per heavy atom. The topological polar surface area (TPSA) is 32.3 Å². The van der Waals surface area contributed by atoms with E-state index in [2.05, 4.69) is 72.6 Å². The van der Waals surface area contributed by atoms with E-state index in [1.54, 1.807) is 0 Å². The Morgan fingerprint density at radius 2 is 1.86 bits per heavy atom. The molecule has 3 nitrogen and oxygen atoms in total. The first-order chi connectivity index (χ1) is 13.7. The van der Waals surface area contributed by atoms with E-state index in [9.17, 15) is 4.79 Å². The SMILES string of the molecule is CCCCC[C@H]1[C@@H](c2ccc(C)cc2)Nc2ccccc2[C@H]1N1CCCC1=O. The molecular weight excluding hydrogens is 344 g/mol. The van der Waals surface area contributed by atoms with Gasteiger partial charge in [-0.1, -0.05) is 74.2 Å². The number of benzene rings is 2. The fourth-order valence-corrected chi connectivity index (χ4v) is 4.99. The molecule has 0 aromatic heterocycles. The summed E-state index contributed by atoms with van der Waals surface area (Å²) in [6.45, 7) is 5.29. The Bertz CT molecular complexity index is 814. The maximum Gasteiger partial charge on any atom is 0.223 e. The predicted octanol–water partition coefficient (Wildman–Crippen LogP) is 6.02. The van der Waals surface area contributed by atoms with E-state index in [1.807, 2.05) is 0 Å². The molecule has 0 bridgehead atoms. The minimum atomic E-state index is 0.176. The van der Waals surface area contributed by atoms with Crippen LogP contribution in [0.3, 0.4) is 0 Å². The summed E-state index contributed by atoms with van der Waals surface area (Å²) in [4.78, 5) is 14.9. The largest absolute Gasteiger partial charge is 0.378 e. The van der Waals surface area contributed by atoms with Gasteiger partial charge in [-0.25, -0.2) is 0 Å². The van der Waals surface area contributed by atoms with Crippen LogP contribution in [0.25, 0.3) is 0 Å². The molecule has 2 aromatic rings. The Morgan fingerprint density at radius 3 is 2.57 bits per heavy atom. The minimum Gasteiger partial charge on any atom is -0.378 e. The van der Waals surface area contributed by atoms with E-state index < -0.39 is 0 Å². The van der Waals surface area contributed by atoms with Crippen molar-refractivity contribution in [3.63, 3.8) is 0 Å². The maximum atomic E-state index is 12.8. The molecule has 0 radical (unpaired) electrons. The third-order valence-corrected chi connectivity index (χ3v) is 6.45. The zero-order chi connectivity index (χ0) is 19.5. The van der Waals surface area contributed by atoms with Crippen molar-refractivity contribution in [1.29, 1.82) is 0 Å². The monoisotopic (exact) mass is 376 g/mol. The van der Waals surface area contributed by atoms with Crippen LogP contribution in [-0.2, 0) is 4.79 Å². The highest BCUT2D eigenvalue weighted by Gasteiger charge is 2.42. The second-order valence-corrected chi connectivity index (χ2v) is 8.42. The molecule has 2 aliphatic heterocycles. The van der Waals surface area contributed by atoms with Crippen molar-refractivity contribution in [2.75, 3.05) is 11.9 Å². The van der Waals surface area contributed by atoms with Crippen molar-refractivity contribution < 1.29 is 4.79 Å². The van der Waals surface area contributed by atoms with Gasteiger partial charge in [0.25, 0.3) is 0 Å². The van der Waals surface area contributed by atoms with Crippen molar-refractivity contribution in [1.82, 2.24) is 4.90 Å². The van der Waals surface area contributed by atoms with E-state index >= 15 is 0 Å². The number of anilines is 1. The highest BCUT2D eigenvalue weighted by Crippen LogP contribution is 2.49. The van der Waals surface area contributed by atoms with Crippen LogP contribution in [0, 0.1) is 12.8 Å². The standard InChI is InChI=1S/C25H32N2O/c1-3-4-5-10-21-24(19-15-13-18(2)14-16-19)26-22-11-7-6-9-20(22)25(21)27-17-8-12-23(27)28/h6-7,9,11,13-16,21,24-26H,3-5,8,10,12,17H2,1-2H3/t21-,24+,25+/m0/s1. The number of nitrogens with zero attached hydrogens (tertiary/aromatic N) is 1. The van der Waals surface area contributed by atoms with Crippen molar-refractivity contribution in [3.8, 4) is 0 Å². The first kappa shape index (κ1) is 19.0. The summed E-state index contributed by atoms with van der Waals surface area (Å²) in [5.41, 5.74) is 5.10. The Kier molecular flexibility index (Phi) is 5.70. The molecule has 1 fully saturated rings. The summed E-state index contributed by atoms with van der Waals surface area (Å²) >= 11 is 0. The van der Waals surface area contributed by atoms with Gasteiger partial charge < -0.3 is 10.2 Å². The fraction of sp³-hybridized carbons (Fsp3) is 0.480. The molecule has 148 valence electrons. The zero-order valence-electron chi connectivity index (χ0n) is 17.2. The molecule has 2 heterocycles. The summed E-state index contributed by atoms with van der Waals surface area (Å²) in [7, 11) is 0. The van der Waals surface area contributed by atoms with Gasteiger partial charge in [-0.15, -0.1) is 0 Å². The van der Waals surface area contributed by atoms with Crippen LogP contribution in [0.1, 0.15) is 74.2 Å². The number of hydrogen-bond acceptors (Lipinski definition) is 2. The van der Waals surface area contributed by atoms with Gasteiger partial charge in [0.2, 0.25) is 5.91 Å². The molecule has 28 heavy (non-hydrogen) atoms. The molecule has 2 aromatic carbocycles. The molecule has 0 spiro atoms. The van der Waals surface area contributed by atoms with Crippen LogP contribution in [0.5, 0.6) is 0 Å². The molecule has 1 N–H and O–H groups in total. The number of aryl methyl sites for hydroxylation is 1. The quantitative estimate of drug-likeness (QED) is 0.625. The number of amides is 1. The lowest BCUT2D eigenvalue weighted by Crippen LogP contribution is -2.42. The van der Waals surface area contributed by atoms with Gasteiger partial charge in [0.15, 0.2) is 0 Å². The number of hydrogen-bond donors (Lipinski definition) is 1. The van der Waals surface area contributed by atoms with Crippen molar-refractivity contribution >= 4 is 11.6 Å². The lowest BCUT2D eigenvalue weighted by molar-refractivity contribution is -0.131. The average molecular weight is 377 g/mol. The zero-order valence-corrected chi connectivity index (χ0v) is 17.2. The van der Waals surface area contributed by atoms with Crippen molar-refractivity contribution in [2.45, 2.75) is 64.5 Å². The van der Waals surface area contributed by atoms with E-state index in [-0.39, 0.29) is 12.1 Å². The number of carbonyl (C=O) groups excluding carboxylic acids is 1. The summed E-state index contributed by atoms with van der Waals surface area (Å²) in [6, 6.07) is 18.0. The number of nitrogens with one attached hydrogen (secondary N) is 1. The summed E-state index contributed by atoms with van der Waals surface area (Å²) < 4.78 is 0. The maximum absolute atomic E-state index is 12.8. The van der Waals surface area contributed by atoms with Gasteiger partial charge >= 0.3 is 0 Å². The number of unbranched alkanes of at least 4 members (excludes halogenated alkanes) is 2. The van der Waals surface area contributed by atoms with Crippen LogP contribution in [0.4, 0.5) is 5.69 Å². The van der Waals surface area contributed by atoms with Gasteiger partial charge in [0.1, 0.15) is 0 Å². The Labute approximate surface area is 169 Å². The number of fused-ring (bicyclic) bond motifs is 1. The van der Waals surface area contributed by atoms with Gasteiger partial charge in [-0.2, -0.15) is 0 Å². The lowest BCUT2D eigenvalue weighted by Gasteiger charge is -2.45. The number of rotatable bonds is 6. The molecule has 3 atom stereocenters. The lowest BCUT2D eigenvalue weighted by atomic mass is 9.76. The van der Waals surface area contributed by atoms with Gasteiger partial charge in [-0.3, -0.25) is 4.79 Å². The van der Waals surface area contributed by atoms with E-state index in [1.165, 1.54) is 41.6 Å². The summed E-state index contributed by atoms with van der Waals surface area (Å²) in [6.07, 6.45) is 6.51. The molecule has 2 aliphatic rings. The first-order valence-corrected chi connectivity index (χ1v) is 10.9. The molecule has 0 unspecified atom stereocenters. The fourth-order valence-electron chi connectivity index (χ4n) is 4.99. The smallest absolute Gasteiger partial charge is 0.223 e. The van der Waals surface area contributed by atoms with Crippen LogP contribution in [0.2, 0.25) is 0 Å². The Hall–Kier alpha value is -2.29. The van der Waals surface area contributed by atoms with Crippen LogP contribution >= 0.6 is 0 Å². The molecule has 1 amide bonds. The third-order valence-electron chi connectivity index (χ3n) is 6.45. The van der Waals surface area contributed by atoms with Crippen LogP contribution < -0.4 is 5.32 Å². The average Bonchev–Trinajstić information content (AvgIpc) is 3.13. The van der Waals surface area contributed by atoms with Crippen molar-refractivity contribution in [2.24, 2.45) is 5.92 Å².